The lowest BCUT2D eigenvalue weighted by atomic mass is 10.1. The number of ketones is 2. The van der Waals surface area contributed by atoms with Crippen LogP contribution in [0.3, 0.4) is 0 Å². The number of carbonyl (C=O) groups excluding carboxylic acids is 2. The Bertz CT molecular complexity index is 1750. The zero-order valence-electron chi connectivity index (χ0n) is 19.1. The van der Waals surface area contributed by atoms with E-state index in [9.17, 15) is 9.59 Å². The van der Waals surface area contributed by atoms with Gasteiger partial charge in [0.25, 0.3) is 0 Å². The Morgan fingerprint density at radius 2 is 1.30 bits per heavy atom. The number of benzene rings is 3. The van der Waals surface area contributed by atoms with E-state index in [4.69, 9.17) is 51.4 Å². The fourth-order valence-corrected chi connectivity index (χ4v) is 5.70. The lowest BCUT2D eigenvalue weighted by Gasteiger charge is -2.07. The molecule has 1 aliphatic carbocycles. The maximum atomic E-state index is 13.4. The summed E-state index contributed by atoms with van der Waals surface area (Å²) in [5, 5.41) is -0.340. The maximum Gasteiger partial charge on any atom is 0.199 e. The van der Waals surface area contributed by atoms with Gasteiger partial charge in [-0.3, -0.25) is 14.2 Å². The zero-order valence-corrected chi connectivity index (χ0v) is 22.1. The number of imidazole rings is 1. The van der Waals surface area contributed by atoms with Crippen molar-refractivity contribution in [3.8, 4) is 16.9 Å². The van der Waals surface area contributed by atoms with E-state index in [1.165, 1.54) is 6.08 Å². The monoisotopic (exact) mass is 565 g/mol. The van der Waals surface area contributed by atoms with Gasteiger partial charge in [-0.05, 0) is 29.8 Å². The van der Waals surface area contributed by atoms with Crippen LogP contribution in [-0.4, -0.2) is 25.7 Å². The molecule has 5 nitrogen and oxygen atoms in total. The third-order valence-corrected chi connectivity index (χ3v) is 8.24. The van der Waals surface area contributed by atoms with Gasteiger partial charge in [-0.15, -0.1) is 0 Å². The number of nitrogens with zero attached hydrogens (tertiary/aromatic N) is 3. The average Bonchev–Trinajstić information content (AvgIpc) is 3.51. The smallest absolute Gasteiger partial charge is 0.199 e. The molecule has 0 bridgehead atoms. The van der Waals surface area contributed by atoms with Crippen molar-refractivity contribution < 1.29 is 9.59 Å². The van der Waals surface area contributed by atoms with Crippen LogP contribution in [0.2, 0.25) is 20.1 Å². The molecule has 0 aliphatic heterocycles. The van der Waals surface area contributed by atoms with Crippen LogP contribution in [0, 0.1) is 0 Å². The van der Waals surface area contributed by atoms with E-state index in [0.717, 1.165) is 22.5 Å². The first kappa shape index (κ1) is 24.0. The number of rotatable bonds is 3. The summed E-state index contributed by atoms with van der Waals surface area (Å²) in [6, 6.07) is 21.6. The fourth-order valence-electron chi connectivity index (χ4n) is 4.68. The number of aromatic nitrogens is 3. The van der Waals surface area contributed by atoms with Gasteiger partial charge in [-0.2, -0.15) is 0 Å². The van der Waals surface area contributed by atoms with Crippen molar-refractivity contribution in [1.82, 2.24) is 14.1 Å². The minimum Gasteiger partial charge on any atom is -0.327 e. The lowest BCUT2D eigenvalue weighted by molar-refractivity contribution is 0.0990. The summed E-state index contributed by atoms with van der Waals surface area (Å²) < 4.78 is 3.88. The van der Waals surface area contributed by atoms with E-state index in [1.807, 2.05) is 82.9 Å². The van der Waals surface area contributed by atoms with E-state index in [-0.39, 0.29) is 36.8 Å². The van der Waals surface area contributed by atoms with Crippen LogP contribution in [0.25, 0.3) is 34.2 Å². The Balaban J connectivity index is 1.59. The minimum absolute atomic E-state index is 0.0500. The summed E-state index contributed by atoms with van der Waals surface area (Å²) in [5.74, 6) is -0.760. The first-order valence-electron chi connectivity index (χ1n) is 11.2. The van der Waals surface area contributed by atoms with E-state index >= 15 is 0 Å². The quantitative estimate of drug-likeness (QED) is 0.0959. The van der Waals surface area contributed by atoms with Crippen LogP contribution < -0.4 is 0 Å². The molecule has 0 saturated carbocycles. The molecule has 0 unspecified atom stereocenters. The molecule has 0 N–H and O–H groups in total. The summed E-state index contributed by atoms with van der Waals surface area (Å²) in [6.07, 6.45) is 1.47. The highest BCUT2D eigenvalue weighted by Gasteiger charge is 2.40. The van der Waals surface area contributed by atoms with Gasteiger partial charge >= 0.3 is 0 Å². The van der Waals surface area contributed by atoms with Crippen LogP contribution in [0.4, 0.5) is 0 Å². The minimum atomic E-state index is -0.581. The van der Waals surface area contributed by atoms with Crippen molar-refractivity contribution in [3.05, 3.63) is 109 Å². The summed E-state index contributed by atoms with van der Waals surface area (Å²) in [4.78, 5) is 31.6. The second kappa shape index (κ2) is 8.89. The molecule has 3 aromatic carbocycles. The Morgan fingerprint density at radius 3 is 1.86 bits per heavy atom. The van der Waals surface area contributed by atoms with E-state index in [0.29, 0.717) is 11.5 Å². The number of allylic oxidation sites excluding steroid dienone is 1. The molecule has 0 spiro atoms. The Hall–Kier alpha value is -3.35. The van der Waals surface area contributed by atoms with Crippen molar-refractivity contribution in [3.63, 3.8) is 0 Å². The van der Waals surface area contributed by atoms with Gasteiger partial charge in [-0.1, -0.05) is 94.9 Å². The third-order valence-electron chi connectivity index (χ3n) is 6.44. The average molecular weight is 567 g/mol. The van der Waals surface area contributed by atoms with E-state index in [2.05, 4.69) is 0 Å². The SMILES string of the molecule is Cn1c(-c2ccccc2)cc2c1nc(C=C1C(=O)c3c(Cl)c(Cl)c(Cl)c(Cl)c3C1=O)n2-c1ccccc1. The molecule has 0 amide bonds. The molecule has 2 aromatic heterocycles. The van der Waals surface area contributed by atoms with Gasteiger partial charge in [0.15, 0.2) is 17.2 Å². The van der Waals surface area contributed by atoms with Crippen LogP contribution in [0.5, 0.6) is 0 Å². The highest BCUT2D eigenvalue weighted by Crippen LogP contribution is 2.46. The molecule has 6 rings (SSSR count). The van der Waals surface area contributed by atoms with Crippen molar-refractivity contribution >= 4 is 75.2 Å². The summed E-state index contributed by atoms with van der Waals surface area (Å²) in [7, 11) is 1.93. The van der Waals surface area contributed by atoms with Crippen molar-refractivity contribution in [1.29, 1.82) is 0 Å². The molecule has 0 atom stereocenters. The summed E-state index contributed by atoms with van der Waals surface area (Å²) in [5.41, 5.74) is 4.12. The number of hydrogen-bond donors (Lipinski definition) is 0. The van der Waals surface area contributed by atoms with Gasteiger partial charge in [0, 0.05) is 12.7 Å². The van der Waals surface area contributed by atoms with E-state index in [1.54, 1.807) is 0 Å². The normalized spacial score (nSPS) is 13.1. The van der Waals surface area contributed by atoms with Gasteiger partial charge in [0.05, 0.1) is 48.0 Å². The van der Waals surface area contributed by atoms with Crippen LogP contribution in [0.15, 0.2) is 72.3 Å². The van der Waals surface area contributed by atoms with Gasteiger partial charge in [0.1, 0.15) is 5.82 Å². The standard InChI is InChI=1S/C28H15Cl4N3O2/c1-34-17(14-8-4-2-5-9-14)13-18-28(34)33-19(35(18)15-10-6-3-7-11-15)12-16-26(36)20-21(27(16)37)23(30)25(32)24(31)22(20)29/h2-13H,1H3. The topological polar surface area (TPSA) is 56.9 Å². The zero-order chi connectivity index (χ0) is 26.0. The molecule has 37 heavy (non-hydrogen) atoms. The molecule has 0 radical (unpaired) electrons. The highest BCUT2D eigenvalue weighted by molar-refractivity contribution is 6.57. The van der Waals surface area contributed by atoms with Gasteiger partial charge in [-0.25, -0.2) is 4.98 Å². The predicted molar refractivity (Wildman–Crippen MR) is 149 cm³/mol. The van der Waals surface area contributed by atoms with Gasteiger partial charge < -0.3 is 4.57 Å². The molecule has 0 saturated heterocycles. The third kappa shape index (κ3) is 3.57. The van der Waals surface area contributed by atoms with Crippen molar-refractivity contribution in [2.24, 2.45) is 7.05 Å². The molecular formula is C28H15Cl4N3O2. The maximum absolute atomic E-state index is 13.4. The Kier molecular flexibility index (Phi) is 5.77. The van der Waals surface area contributed by atoms with Crippen LogP contribution in [-0.2, 0) is 7.05 Å². The van der Waals surface area contributed by atoms with Crippen molar-refractivity contribution in [2.45, 2.75) is 0 Å². The largest absolute Gasteiger partial charge is 0.327 e. The number of fused-ring (bicyclic) bond motifs is 2. The molecule has 9 heteroatoms. The number of carbonyl (C=O) groups is 2. The molecule has 5 aromatic rings. The highest BCUT2D eigenvalue weighted by atomic mass is 35.5. The van der Waals surface area contributed by atoms with Crippen molar-refractivity contribution in [2.75, 3.05) is 0 Å². The fraction of sp³-hybridized carbons (Fsp3) is 0.0357. The Morgan fingerprint density at radius 1 is 0.757 bits per heavy atom. The first-order chi connectivity index (χ1) is 17.8. The number of para-hydroxylation sites is 1. The van der Waals surface area contributed by atoms with Crippen LogP contribution >= 0.6 is 46.4 Å². The van der Waals surface area contributed by atoms with E-state index < -0.39 is 11.6 Å². The number of aryl methyl sites for hydroxylation is 1. The molecular weight excluding hydrogens is 552 g/mol. The number of hydrogen-bond acceptors (Lipinski definition) is 3. The van der Waals surface area contributed by atoms with Gasteiger partial charge in [0.2, 0.25) is 0 Å². The predicted octanol–water partition coefficient (Wildman–Crippen LogP) is 8.11. The first-order valence-corrected chi connectivity index (χ1v) is 12.7. The Labute approximate surface area is 231 Å². The lowest BCUT2D eigenvalue weighted by Crippen LogP contribution is -2.04. The second-order valence-electron chi connectivity index (χ2n) is 8.53. The molecule has 1 aliphatic rings. The number of halogens is 4. The summed E-state index contributed by atoms with van der Waals surface area (Å²) in [6.45, 7) is 0. The van der Waals surface area contributed by atoms with Crippen LogP contribution in [0.1, 0.15) is 26.5 Å². The molecule has 0 fully saturated rings. The molecule has 2 heterocycles. The second-order valence-corrected chi connectivity index (χ2v) is 10.0. The number of Topliss-reactive ketones (excluding diaryl/α,β-unsaturated/α-hetero) is 2. The molecule has 182 valence electrons. The summed E-state index contributed by atoms with van der Waals surface area (Å²) >= 11 is 25.0.